The van der Waals surface area contributed by atoms with E-state index in [1.807, 2.05) is 0 Å². The lowest BCUT2D eigenvalue weighted by Gasteiger charge is -2.36. The molecular weight excluding hydrogens is 476 g/mol. The van der Waals surface area contributed by atoms with Gasteiger partial charge in [-0.05, 0) is 68.0 Å². The van der Waals surface area contributed by atoms with E-state index in [-0.39, 0.29) is 0 Å². The molecule has 1 unspecified atom stereocenters. The number of rotatable bonds is 8. The van der Waals surface area contributed by atoms with Crippen molar-refractivity contribution in [3.63, 3.8) is 0 Å². The molecule has 0 bridgehead atoms. The third kappa shape index (κ3) is 5.04. The minimum atomic E-state index is -0.576. The van der Waals surface area contributed by atoms with Crippen molar-refractivity contribution in [1.82, 2.24) is 14.5 Å². The molecule has 38 heavy (non-hydrogen) atoms. The number of piperidine rings is 1. The molecule has 0 radical (unpaired) electrons. The highest BCUT2D eigenvalue weighted by Gasteiger charge is 2.29. The van der Waals surface area contributed by atoms with Gasteiger partial charge in [-0.3, -0.25) is 4.90 Å². The van der Waals surface area contributed by atoms with E-state index >= 15 is 4.39 Å². The Morgan fingerprint density at radius 3 is 2.26 bits per heavy atom. The molecule has 3 nitrogen and oxygen atoms in total. The van der Waals surface area contributed by atoms with Gasteiger partial charge in [-0.2, -0.15) is 0 Å². The first-order valence-corrected chi connectivity index (χ1v) is 14.0. The Labute approximate surface area is 225 Å². The van der Waals surface area contributed by atoms with E-state index in [4.69, 9.17) is 4.98 Å². The molecular formula is C33H37F2N3. The predicted molar refractivity (Wildman–Crippen MR) is 151 cm³/mol. The van der Waals surface area contributed by atoms with Crippen LogP contribution in [-0.4, -0.2) is 21.0 Å². The van der Waals surface area contributed by atoms with Crippen molar-refractivity contribution in [2.75, 3.05) is 6.54 Å². The first kappa shape index (κ1) is 26.3. The topological polar surface area (TPSA) is 21.1 Å². The summed E-state index contributed by atoms with van der Waals surface area (Å²) in [5.41, 5.74) is 6.90. The number of imidazole rings is 1. The van der Waals surface area contributed by atoms with Crippen molar-refractivity contribution >= 4 is 0 Å². The summed E-state index contributed by atoms with van der Waals surface area (Å²) in [7, 11) is 0. The third-order valence-electron chi connectivity index (χ3n) is 7.95. The summed E-state index contributed by atoms with van der Waals surface area (Å²) < 4.78 is 31.5. The molecule has 3 aromatic carbocycles. The van der Waals surface area contributed by atoms with E-state index in [0.717, 1.165) is 55.4 Å². The lowest BCUT2D eigenvalue weighted by molar-refractivity contribution is 0.137. The molecule has 1 aliphatic rings. The van der Waals surface area contributed by atoms with E-state index in [1.54, 1.807) is 0 Å². The maximum Gasteiger partial charge on any atom is 0.141 e. The van der Waals surface area contributed by atoms with Gasteiger partial charge in [0.15, 0.2) is 0 Å². The maximum atomic E-state index is 15.3. The molecule has 1 aliphatic heterocycles. The van der Waals surface area contributed by atoms with Crippen LogP contribution >= 0.6 is 0 Å². The van der Waals surface area contributed by atoms with Crippen molar-refractivity contribution in [2.45, 2.75) is 72.0 Å². The predicted octanol–water partition coefficient (Wildman–Crippen LogP) is 8.37. The summed E-state index contributed by atoms with van der Waals surface area (Å²) in [6.07, 6.45) is 5.19. The van der Waals surface area contributed by atoms with Gasteiger partial charge in [0.05, 0.1) is 11.4 Å². The monoisotopic (exact) mass is 513 g/mol. The molecule has 0 amide bonds. The molecule has 1 fully saturated rings. The molecule has 5 rings (SSSR count). The number of hydrogen-bond donors (Lipinski definition) is 0. The largest absolute Gasteiger partial charge is 0.327 e. The van der Waals surface area contributed by atoms with Crippen LogP contribution in [0.1, 0.15) is 68.5 Å². The number of hydrogen-bond acceptors (Lipinski definition) is 2. The molecule has 1 aromatic heterocycles. The maximum absolute atomic E-state index is 15.3. The Balaban J connectivity index is 1.70. The Bertz CT molecular complexity index is 1370. The Morgan fingerprint density at radius 1 is 0.868 bits per heavy atom. The minimum Gasteiger partial charge on any atom is -0.327 e. The van der Waals surface area contributed by atoms with E-state index < -0.39 is 11.6 Å². The second kappa shape index (κ2) is 11.6. The van der Waals surface area contributed by atoms with Gasteiger partial charge in [-0.25, -0.2) is 13.8 Å². The van der Waals surface area contributed by atoms with Gasteiger partial charge in [-0.15, -0.1) is 0 Å². The molecule has 4 aromatic rings. The Hall–Kier alpha value is -3.31. The quantitative estimate of drug-likeness (QED) is 0.236. The van der Waals surface area contributed by atoms with Crippen molar-refractivity contribution in [1.29, 1.82) is 0 Å². The number of nitrogens with zero attached hydrogens (tertiary/aromatic N) is 3. The first-order chi connectivity index (χ1) is 18.5. The van der Waals surface area contributed by atoms with Crippen LogP contribution in [-0.2, 0) is 25.9 Å². The number of aromatic nitrogens is 2. The highest BCUT2D eigenvalue weighted by Crippen LogP contribution is 2.38. The number of halogens is 2. The lowest BCUT2D eigenvalue weighted by Crippen LogP contribution is -2.33. The summed E-state index contributed by atoms with van der Waals surface area (Å²) in [5, 5.41) is 0. The van der Waals surface area contributed by atoms with E-state index in [1.165, 1.54) is 35.2 Å². The highest BCUT2D eigenvalue weighted by atomic mass is 19.1. The number of likely N-dealkylation sites (tertiary alicyclic amines) is 1. The average Bonchev–Trinajstić information content (AvgIpc) is 3.30. The second-order valence-electron chi connectivity index (χ2n) is 10.2. The molecule has 2 heterocycles. The summed E-state index contributed by atoms with van der Waals surface area (Å²) in [6, 6.07) is 21.2. The lowest BCUT2D eigenvalue weighted by atomic mass is 9.95. The first-order valence-electron chi connectivity index (χ1n) is 14.0. The van der Waals surface area contributed by atoms with E-state index in [9.17, 15) is 4.39 Å². The molecule has 1 saturated heterocycles. The average molecular weight is 514 g/mol. The third-order valence-corrected chi connectivity index (χ3v) is 7.95. The standard InChI is InChI=1S/C33H37F2N3/c1-4-23-15-12-16-24(5-2)31(23)33-36-32(27-19-18-26(34)21-28(27)35)30(38(33)6-3)22-37-20-11-10-17-29(37)25-13-8-7-9-14-25/h7-9,12-16,18-19,21,29H,4-6,10-11,17,20,22H2,1-3H3. The summed E-state index contributed by atoms with van der Waals surface area (Å²) in [4.78, 5) is 7.68. The van der Waals surface area contributed by atoms with Crippen molar-refractivity contribution in [2.24, 2.45) is 0 Å². The SMILES string of the molecule is CCc1cccc(CC)c1-c1nc(-c2ccc(F)cc2F)c(CN2CCCCC2c2ccccc2)n1CC. The van der Waals surface area contributed by atoms with Crippen molar-refractivity contribution in [3.05, 3.63) is 101 Å². The zero-order valence-electron chi connectivity index (χ0n) is 22.7. The summed E-state index contributed by atoms with van der Waals surface area (Å²) in [5.74, 6) is -0.271. The Kier molecular flexibility index (Phi) is 8.04. The van der Waals surface area contributed by atoms with Gasteiger partial charge in [0.2, 0.25) is 0 Å². The van der Waals surface area contributed by atoms with Crippen LogP contribution in [0.3, 0.4) is 0 Å². The number of benzene rings is 3. The zero-order valence-corrected chi connectivity index (χ0v) is 22.7. The molecule has 1 atom stereocenters. The van der Waals surface area contributed by atoms with Gasteiger partial charge in [0.1, 0.15) is 17.5 Å². The smallest absolute Gasteiger partial charge is 0.141 e. The molecule has 198 valence electrons. The second-order valence-corrected chi connectivity index (χ2v) is 10.2. The van der Waals surface area contributed by atoms with Crippen LogP contribution in [0.2, 0.25) is 0 Å². The van der Waals surface area contributed by atoms with Crippen molar-refractivity contribution in [3.8, 4) is 22.6 Å². The van der Waals surface area contributed by atoms with Gasteiger partial charge >= 0.3 is 0 Å². The van der Waals surface area contributed by atoms with Crippen LogP contribution in [0.15, 0.2) is 66.7 Å². The molecule has 0 saturated carbocycles. The summed E-state index contributed by atoms with van der Waals surface area (Å²) in [6.45, 7) is 8.80. The van der Waals surface area contributed by atoms with Crippen LogP contribution < -0.4 is 0 Å². The molecule has 0 spiro atoms. The molecule has 5 heteroatoms. The fourth-order valence-corrected chi connectivity index (χ4v) is 6.03. The van der Waals surface area contributed by atoms with Crippen LogP contribution in [0.5, 0.6) is 0 Å². The van der Waals surface area contributed by atoms with E-state index in [0.29, 0.717) is 30.4 Å². The zero-order chi connectivity index (χ0) is 26.6. The van der Waals surface area contributed by atoms with Crippen LogP contribution in [0.25, 0.3) is 22.6 Å². The summed E-state index contributed by atoms with van der Waals surface area (Å²) >= 11 is 0. The van der Waals surface area contributed by atoms with Gasteiger partial charge in [0, 0.05) is 36.3 Å². The highest BCUT2D eigenvalue weighted by molar-refractivity contribution is 5.72. The van der Waals surface area contributed by atoms with Crippen LogP contribution in [0.4, 0.5) is 8.78 Å². The Morgan fingerprint density at radius 2 is 1.61 bits per heavy atom. The van der Waals surface area contributed by atoms with Gasteiger partial charge in [0.25, 0.3) is 0 Å². The molecule has 0 N–H and O–H groups in total. The van der Waals surface area contributed by atoms with E-state index in [2.05, 4.69) is 78.8 Å². The fraction of sp³-hybridized carbons (Fsp3) is 0.364. The number of aryl methyl sites for hydroxylation is 2. The van der Waals surface area contributed by atoms with Gasteiger partial charge in [-0.1, -0.05) is 68.8 Å². The molecule has 0 aliphatic carbocycles. The van der Waals surface area contributed by atoms with Gasteiger partial charge < -0.3 is 4.57 Å². The van der Waals surface area contributed by atoms with Crippen LogP contribution in [0, 0.1) is 11.6 Å². The normalized spacial score (nSPS) is 16.2. The minimum absolute atomic E-state index is 0.300. The fourth-order valence-electron chi connectivity index (χ4n) is 6.03. The van der Waals surface area contributed by atoms with Crippen molar-refractivity contribution < 1.29 is 8.78 Å².